The van der Waals surface area contributed by atoms with Gasteiger partial charge < -0.3 is 0 Å². The monoisotopic (exact) mass is 358 g/mol. The molecule has 1 aromatic heterocycles. The van der Waals surface area contributed by atoms with Gasteiger partial charge in [0.05, 0.1) is 7.57 Å². The van der Waals surface area contributed by atoms with Crippen molar-refractivity contribution in [2.24, 2.45) is 0 Å². The maximum Gasteiger partial charge on any atom is 0.195 e. The van der Waals surface area contributed by atoms with Crippen LogP contribution in [0.4, 0.5) is 0 Å². The summed E-state index contributed by atoms with van der Waals surface area (Å²) in [5, 5.41) is 0. The van der Waals surface area contributed by atoms with Crippen LogP contribution in [0, 0.1) is 6.92 Å². The van der Waals surface area contributed by atoms with Gasteiger partial charge in [-0.05, 0) is 50.9 Å². The number of carbonyl (C=O) groups excluding carboxylic acids is 1. The summed E-state index contributed by atoms with van der Waals surface area (Å²) in [4.78, 5) is 12.2. The lowest BCUT2D eigenvalue weighted by Gasteiger charge is -2.00. The highest BCUT2D eigenvalue weighted by Crippen LogP contribution is 2.33. The van der Waals surface area contributed by atoms with Crippen molar-refractivity contribution in [3.05, 3.63) is 54.6 Å². The summed E-state index contributed by atoms with van der Waals surface area (Å²) in [5.74, 6) is 0.0533. The lowest BCUT2D eigenvalue weighted by atomic mass is 10.0. The van der Waals surface area contributed by atoms with Crippen LogP contribution in [0.25, 0.3) is 0 Å². The van der Waals surface area contributed by atoms with Crippen molar-refractivity contribution < 1.29 is 4.79 Å². The summed E-state index contributed by atoms with van der Waals surface area (Å²) in [7, 11) is 0. The Morgan fingerprint density at radius 3 is 2.56 bits per heavy atom. The number of aryl methyl sites for hydroxylation is 1. The van der Waals surface area contributed by atoms with Crippen LogP contribution in [-0.4, -0.2) is 5.78 Å². The molecule has 0 bridgehead atoms. The van der Waals surface area contributed by atoms with Crippen LogP contribution >= 0.6 is 43.2 Å². The zero-order valence-electron chi connectivity index (χ0n) is 8.46. The van der Waals surface area contributed by atoms with E-state index in [-0.39, 0.29) is 5.78 Å². The smallest absolute Gasteiger partial charge is 0.195 e. The molecule has 1 heterocycles. The molecule has 0 unspecified atom stereocenters. The third kappa shape index (κ3) is 2.44. The van der Waals surface area contributed by atoms with E-state index >= 15 is 0 Å². The summed E-state index contributed by atoms with van der Waals surface area (Å²) >= 11 is 8.28. The van der Waals surface area contributed by atoms with E-state index in [1.54, 1.807) is 0 Å². The van der Waals surface area contributed by atoms with E-state index in [0.29, 0.717) is 5.56 Å². The van der Waals surface area contributed by atoms with Crippen molar-refractivity contribution in [1.29, 1.82) is 0 Å². The largest absolute Gasteiger partial charge is 0.289 e. The molecule has 0 amide bonds. The van der Waals surface area contributed by atoms with Crippen LogP contribution in [-0.2, 0) is 0 Å². The average molecular weight is 360 g/mol. The number of carbonyl (C=O) groups is 1. The molecule has 0 atom stereocenters. The minimum Gasteiger partial charge on any atom is -0.289 e. The minimum absolute atomic E-state index is 0.0533. The molecule has 82 valence electrons. The first-order valence-electron chi connectivity index (χ1n) is 4.64. The highest BCUT2D eigenvalue weighted by molar-refractivity contribution is 9.12. The molecule has 0 aliphatic carbocycles. The molecule has 0 aliphatic rings. The Kier molecular flexibility index (Phi) is 3.62. The van der Waals surface area contributed by atoms with E-state index in [0.717, 1.165) is 18.7 Å². The van der Waals surface area contributed by atoms with Crippen molar-refractivity contribution in [3.8, 4) is 0 Å². The number of benzene rings is 1. The van der Waals surface area contributed by atoms with Crippen molar-refractivity contribution >= 4 is 49.0 Å². The second-order valence-corrected chi connectivity index (χ2v) is 7.19. The molecule has 2 rings (SSSR count). The number of halogens is 2. The van der Waals surface area contributed by atoms with Gasteiger partial charge in [-0.2, -0.15) is 0 Å². The topological polar surface area (TPSA) is 17.1 Å². The van der Waals surface area contributed by atoms with Gasteiger partial charge >= 0.3 is 0 Å². The normalized spacial score (nSPS) is 10.4. The molecule has 1 aromatic carbocycles. The molecule has 1 nitrogen and oxygen atoms in total. The molecule has 0 fully saturated rings. The Bertz CT molecular complexity index is 546. The Morgan fingerprint density at radius 2 is 2.00 bits per heavy atom. The molecule has 0 aliphatic heterocycles. The quantitative estimate of drug-likeness (QED) is 0.703. The van der Waals surface area contributed by atoms with Crippen molar-refractivity contribution in [3.63, 3.8) is 0 Å². The van der Waals surface area contributed by atoms with E-state index < -0.39 is 0 Å². The van der Waals surface area contributed by atoms with E-state index in [2.05, 4.69) is 31.9 Å². The van der Waals surface area contributed by atoms with E-state index in [9.17, 15) is 4.79 Å². The second kappa shape index (κ2) is 4.82. The van der Waals surface area contributed by atoms with Gasteiger partial charge in [0.25, 0.3) is 0 Å². The second-order valence-electron chi connectivity index (χ2n) is 3.44. The predicted octanol–water partition coefficient (Wildman–Crippen LogP) is 4.81. The SMILES string of the molecule is Cc1cccc(C(=O)c2cc(Br)sc2Br)c1. The number of rotatable bonds is 2. The first kappa shape index (κ1) is 12.0. The minimum atomic E-state index is 0.0533. The molecule has 16 heavy (non-hydrogen) atoms. The summed E-state index contributed by atoms with van der Waals surface area (Å²) in [5.41, 5.74) is 2.53. The van der Waals surface area contributed by atoms with Crippen LogP contribution in [0.3, 0.4) is 0 Å². The molecular weight excluding hydrogens is 352 g/mol. The average Bonchev–Trinajstić information content (AvgIpc) is 2.57. The van der Waals surface area contributed by atoms with Crippen LogP contribution in [0.5, 0.6) is 0 Å². The summed E-state index contributed by atoms with van der Waals surface area (Å²) in [6.45, 7) is 1.98. The third-order valence-electron chi connectivity index (χ3n) is 2.18. The van der Waals surface area contributed by atoms with Crippen molar-refractivity contribution in [2.45, 2.75) is 6.92 Å². The van der Waals surface area contributed by atoms with Crippen LogP contribution in [0.2, 0.25) is 0 Å². The number of thiophene rings is 1. The van der Waals surface area contributed by atoms with Gasteiger partial charge in [0.15, 0.2) is 5.78 Å². The van der Waals surface area contributed by atoms with E-state index in [4.69, 9.17) is 0 Å². The number of hydrogen-bond donors (Lipinski definition) is 0. The molecule has 0 spiro atoms. The van der Waals surface area contributed by atoms with Crippen molar-refractivity contribution in [1.82, 2.24) is 0 Å². The lowest BCUT2D eigenvalue weighted by Crippen LogP contribution is -2.00. The third-order valence-corrected chi connectivity index (χ3v) is 4.52. The number of ketones is 1. The van der Waals surface area contributed by atoms with E-state index in [1.807, 2.05) is 37.3 Å². The maximum absolute atomic E-state index is 12.2. The van der Waals surface area contributed by atoms with E-state index in [1.165, 1.54) is 11.3 Å². The molecular formula is C12H8Br2OS. The summed E-state index contributed by atoms with van der Waals surface area (Å²) < 4.78 is 1.82. The van der Waals surface area contributed by atoms with Gasteiger partial charge in [-0.15, -0.1) is 11.3 Å². The van der Waals surface area contributed by atoms with Gasteiger partial charge in [0.2, 0.25) is 0 Å². The van der Waals surface area contributed by atoms with Gasteiger partial charge in [-0.3, -0.25) is 4.79 Å². The van der Waals surface area contributed by atoms with Crippen LogP contribution < -0.4 is 0 Å². The molecule has 0 saturated heterocycles. The zero-order chi connectivity index (χ0) is 11.7. The highest BCUT2D eigenvalue weighted by atomic mass is 79.9. The first-order valence-corrected chi connectivity index (χ1v) is 7.04. The molecule has 0 N–H and O–H groups in total. The Balaban J connectivity index is 2.43. The molecule has 4 heteroatoms. The fraction of sp³-hybridized carbons (Fsp3) is 0.0833. The fourth-order valence-corrected chi connectivity index (χ4v) is 4.23. The maximum atomic E-state index is 12.2. The lowest BCUT2D eigenvalue weighted by molar-refractivity contribution is 0.103. The molecule has 0 saturated carbocycles. The van der Waals surface area contributed by atoms with Gasteiger partial charge in [0.1, 0.15) is 0 Å². The Labute approximate surface area is 115 Å². The predicted molar refractivity (Wildman–Crippen MR) is 74.3 cm³/mol. The molecule has 2 aromatic rings. The molecule has 0 radical (unpaired) electrons. The highest BCUT2D eigenvalue weighted by Gasteiger charge is 2.15. The van der Waals surface area contributed by atoms with Crippen LogP contribution in [0.1, 0.15) is 21.5 Å². The summed E-state index contributed by atoms with van der Waals surface area (Å²) in [6.07, 6.45) is 0. The summed E-state index contributed by atoms with van der Waals surface area (Å²) in [6, 6.07) is 9.47. The Morgan fingerprint density at radius 1 is 1.25 bits per heavy atom. The van der Waals surface area contributed by atoms with Crippen molar-refractivity contribution in [2.75, 3.05) is 0 Å². The number of hydrogen-bond acceptors (Lipinski definition) is 2. The van der Waals surface area contributed by atoms with Gasteiger partial charge in [-0.25, -0.2) is 0 Å². The fourth-order valence-electron chi connectivity index (χ4n) is 1.44. The van der Waals surface area contributed by atoms with Crippen LogP contribution in [0.15, 0.2) is 37.9 Å². The zero-order valence-corrected chi connectivity index (χ0v) is 12.4. The van der Waals surface area contributed by atoms with Gasteiger partial charge in [0, 0.05) is 11.1 Å². The van der Waals surface area contributed by atoms with Gasteiger partial charge in [-0.1, -0.05) is 23.8 Å². The first-order chi connectivity index (χ1) is 7.58. The standard InChI is InChI=1S/C12H8Br2OS/c1-7-3-2-4-8(5-7)11(15)9-6-10(13)16-12(9)14/h2-6H,1H3. The Hall–Kier alpha value is -0.450.